The topological polar surface area (TPSA) is 44.6 Å². The molecule has 3 heteroatoms. The van der Waals surface area contributed by atoms with Crippen molar-refractivity contribution < 1.29 is 5.11 Å². The maximum atomic E-state index is 9.81. The van der Waals surface area contributed by atoms with E-state index in [1.54, 1.807) is 0 Å². The van der Waals surface area contributed by atoms with E-state index in [1.807, 2.05) is 13.8 Å². The van der Waals surface area contributed by atoms with Gasteiger partial charge in [-0.15, -0.1) is 0 Å². The van der Waals surface area contributed by atoms with E-state index in [0.717, 1.165) is 25.2 Å². The Labute approximate surface area is 86.6 Å². The Balaban J connectivity index is 2.32. The van der Waals surface area contributed by atoms with Crippen LogP contribution in [0, 0.1) is 0 Å². The van der Waals surface area contributed by atoms with Crippen molar-refractivity contribution in [3.63, 3.8) is 0 Å². The normalized spacial score (nSPS) is 22.1. The highest BCUT2D eigenvalue weighted by Crippen LogP contribution is 2.09. The lowest BCUT2D eigenvalue weighted by molar-refractivity contribution is 0.0604. The Morgan fingerprint density at radius 2 is 2.21 bits per heavy atom. The van der Waals surface area contributed by atoms with E-state index in [0.29, 0.717) is 6.54 Å². The van der Waals surface area contributed by atoms with Gasteiger partial charge in [0.2, 0.25) is 0 Å². The number of aliphatic hydroxyl groups is 1. The van der Waals surface area contributed by atoms with Crippen molar-refractivity contribution in [3.8, 4) is 0 Å². The molecule has 0 aromatic rings. The molecule has 0 aliphatic carbocycles. The van der Waals surface area contributed by atoms with Crippen LogP contribution in [-0.2, 0) is 0 Å². The van der Waals surface area contributed by atoms with Gasteiger partial charge in [-0.3, -0.25) is 4.99 Å². The van der Waals surface area contributed by atoms with Crippen LogP contribution in [0.2, 0.25) is 0 Å². The van der Waals surface area contributed by atoms with Crippen LogP contribution in [0.4, 0.5) is 0 Å². The molecule has 0 fully saturated rings. The maximum Gasteiger partial charge on any atom is 0.0964 e. The second kappa shape index (κ2) is 5.35. The molecular formula is C11H22N2O. The van der Waals surface area contributed by atoms with Crippen LogP contribution >= 0.6 is 0 Å². The summed E-state index contributed by atoms with van der Waals surface area (Å²) in [5.74, 6) is 1.08. The summed E-state index contributed by atoms with van der Waals surface area (Å²) in [6, 6.07) is 0. The predicted molar refractivity (Wildman–Crippen MR) is 59.7 cm³/mol. The first-order chi connectivity index (χ1) is 6.64. The van der Waals surface area contributed by atoms with Crippen LogP contribution in [0.3, 0.4) is 0 Å². The van der Waals surface area contributed by atoms with Crippen LogP contribution < -0.4 is 5.32 Å². The second-order valence-electron chi connectivity index (χ2n) is 4.34. The third-order valence-corrected chi connectivity index (χ3v) is 2.81. The zero-order valence-electron chi connectivity index (χ0n) is 9.34. The number of nitrogens with zero attached hydrogens (tertiary/aromatic N) is 1. The predicted octanol–water partition coefficient (Wildman–Crippen LogP) is 1.71. The first kappa shape index (κ1) is 11.5. The Kier molecular flexibility index (Phi) is 4.39. The molecule has 0 aromatic carbocycles. The quantitative estimate of drug-likeness (QED) is 0.725. The van der Waals surface area contributed by atoms with E-state index in [-0.39, 0.29) is 0 Å². The van der Waals surface area contributed by atoms with Crippen LogP contribution in [-0.4, -0.2) is 29.6 Å². The fourth-order valence-electron chi connectivity index (χ4n) is 1.44. The van der Waals surface area contributed by atoms with Gasteiger partial charge < -0.3 is 10.4 Å². The van der Waals surface area contributed by atoms with Gasteiger partial charge in [0.1, 0.15) is 0 Å². The van der Waals surface area contributed by atoms with Crippen molar-refractivity contribution >= 4 is 5.84 Å². The third kappa shape index (κ3) is 4.09. The molecule has 1 atom stereocenters. The standard InChI is InChI=1S/C11H22N2O/c1-3-11(2,14)9-13-10-7-5-4-6-8-12-10/h14H,3-9H2,1-2H3,(H,12,13). The van der Waals surface area contributed by atoms with Crippen LogP contribution in [0.5, 0.6) is 0 Å². The first-order valence-electron chi connectivity index (χ1n) is 5.63. The van der Waals surface area contributed by atoms with Gasteiger partial charge in [-0.25, -0.2) is 0 Å². The van der Waals surface area contributed by atoms with Gasteiger partial charge in [0.25, 0.3) is 0 Å². The molecule has 0 saturated heterocycles. The summed E-state index contributed by atoms with van der Waals surface area (Å²) in [5.41, 5.74) is -0.602. The molecule has 3 nitrogen and oxygen atoms in total. The summed E-state index contributed by atoms with van der Waals surface area (Å²) in [6.45, 7) is 5.41. The molecule has 0 bridgehead atoms. The van der Waals surface area contributed by atoms with Gasteiger partial charge in [0, 0.05) is 19.5 Å². The average molecular weight is 198 g/mol. The lowest BCUT2D eigenvalue weighted by atomic mass is 10.0. The number of hydrogen-bond donors (Lipinski definition) is 2. The highest BCUT2D eigenvalue weighted by molar-refractivity contribution is 5.82. The Bertz CT molecular complexity index is 199. The second-order valence-corrected chi connectivity index (χ2v) is 4.34. The molecule has 1 heterocycles. The number of rotatable bonds is 3. The minimum atomic E-state index is -0.602. The summed E-state index contributed by atoms with van der Waals surface area (Å²) in [4.78, 5) is 4.45. The Morgan fingerprint density at radius 1 is 1.43 bits per heavy atom. The largest absolute Gasteiger partial charge is 0.388 e. The summed E-state index contributed by atoms with van der Waals surface area (Å²) < 4.78 is 0. The molecule has 2 N–H and O–H groups in total. The molecule has 0 spiro atoms. The van der Waals surface area contributed by atoms with Gasteiger partial charge in [-0.05, 0) is 26.2 Å². The van der Waals surface area contributed by atoms with Gasteiger partial charge in [-0.2, -0.15) is 0 Å². The number of aliphatic imine (C=N–C) groups is 1. The molecule has 1 rings (SSSR count). The minimum absolute atomic E-state index is 0.602. The van der Waals surface area contributed by atoms with Gasteiger partial charge >= 0.3 is 0 Å². The maximum absolute atomic E-state index is 9.81. The lowest BCUT2D eigenvalue weighted by Crippen LogP contribution is -2.40. The summed E-state index contributed by atoms with van der Waals surface area (Å²) in [5, 5.41) is 13.1. The smallest absolute Gasteiger partial charge is 0.0964 e. The zero-order chi connectivity index (χ0) is 10.4. The van der Waals surface area contributed by atoms with Crippen molar-refractivity contribution in [1.29, 1.82) is 0 Å². The van der Waals surface area contributed by atoms with Crippen molar-refractivity contribution in [3.05, 3.63) is 0 Å². The lowest BCUT2D eigenvalue weighted by Gasteiger charge is -2.22. The molecule has 1 aliphatic heterocycles. The highest BCUT2D eigenvalue weighted by atomic mass is 16.3. The Morgan fingerprint density at radius 3 is 2.93 bits per heavy atom. The van der Waals surface area contributed by atoms with Gasteiger partial charge in [-0.1, -0.05) is 13.3 Å². The van der Waals surface area contributed by atoms with E-state index in [1.165, 1.54) is 19.3 Å². The summed E-state index contributed by atoms with van der Waals surface area (Å²) in [6.07, 6.45) is 5.52. The van der Waals surface area contributed by atoms with Crippen molar-refractivity contribution in [2.45, 2.75) is 51.6 Å². The number of nitrogens with one attached hydrogen (secondary N) is 1. The molecule has 1 aliphatic rings. The number of hydrogen-bond acceptors (Lipinski definition) is 3. The first-order valence-corrected chi connectivity index (χ1v) is 5.63. The fraction of sp³-hybridized carbons (Fsp3) is 0.909. The summed E-state index contributed by atoms with van der Waals surface area (Å²) in [7, 11) is 0. The molecule has 0 aromatic heterocycles. The SMILES string of the molecule is CCC(C)(O)CNC1=NCCCCC1. The third-order valence-electron chi connectivity index (χ3n) is 2.81. The minimum Gasteiger partial charge on any atom is -0.388 e. The fourth-order valence-corrected chi connectivity index (χ4v) is 1.44. The zero-order valence-corrected chi connectivity index (χ0v) is 9.34. The molecule has 1 unspecified atom stereocenters. The summed E-state index contributed by atoms with van der Waals surface area (Å²) >= 11 is 0. The van der Waals surface area contributed by atoms with Crippen LogP contribution in [0.15, 0.2) is 4.99 Å². The molecule has 14 heavy (non-hydrogen) atoms. The van der Waals surface area contributed by atoms with Crippen LogP contribution in [0.25, 0.3) is 0 Å². The van der Waals surface area contributed by atoms with Gasteiger partial charge in [0.15, 0.2) is 0 Å². The van der Waals surface area contributed by atoms with E-state index in [2.05, 4.69) is 10.3 Å². The van der Waals surface area contributed by atoms with Gasteiger partial charge in [0.05, 0.1) is 11.4 Å². The monoisotopic (exact) mass is 198 g/mol. The van der Waals surface area contributed by atoms with Crippen molar-refractivity contribution in [2.24, 2.45) is 4.99 Å². The molecule has 0 amide bonds. The number of amidine groups is 1. The van der Waals surface area contributed by atoms with E-state index >= 15 is 0 Å². The van der Waals surface area contributed by atoms with E-state index < -0.39 is 5.60 Å². The van der Waals surface area contributed by atoms with Crippen molar-refractivity contribution in [1.82, 2.24) is 5.32 Å². The van der Waals surface area contributed by atoms with E-state index in [4.69, 9.17) is 0 Å². The Hall–Kier alpha value is -0.570. The molecule has 82 valence electrons. The van der Waals surface area contributed by atoms with E-state index in [9.17, 15) is 5.11 Å². The van der Waals surface area contributed by atoms with Crippen molar-refractivity contribution in [2.75, 3.05) is 13.1 Å². The highest BCUT2D eigenvalue weighted by Gasteiger charge is 2.17. The molecule has 0 saturated carbocycles. The molecular weight excluding hydrogens is 176 g/mol. The van der Waals surface area contributed by atoms with Crippen LogP contribution in [0.1, 0.15) is 46.0 Å². The molecule has 0 radical (unpaired) electrons. The average Bonchev–Trinajstić information content (AvgIpc) is 2.43.